The standard InChI is InChI=1S/C17H21NO3/c19-16(7-6-14-4-2-1-3-5-14)18-10-8-15(9-11-18)17-20-12-13-21-17/h1-7,15,17H,8-13H2/b7-6+. The maximum Gasteiger partial charge on any atom is 0.246 e. The van der Waals surface area contributed by atoms with Gasteiger partial charge in [-0.05, 0) is 24.5 Å². The molecule has 4 nitrogen and oxygen atoms in total. The summed E-state index contributed by atoms with van der Waals surface area (Å²) in [5, 5.41) is 0. The number of hydrogen-bond donors (Lipinski definition) is 0. The number of carbonyl (C=O) groups is 1. The fourth-order valence-corrected chi connectivity index (χ4v) is 2.88. The molecule has 2 saturated heterocycles. The molecule has 112 valence electrons. The third kappa shape index (κ3) is 3.71. The van der Waals surface area contributed by atoms with Crippen molar-refractivity contribution in [3.63, 3.8) is 0 Å². The number of ether oxygens (including phenoxy) is 2. The Hall–Kier alpha value is -1.65. The van der Waals surface area contributed by atoms with E-state index in [1.54, 1.807) is 6.08 Å². The van der Waals surface area contributed by atoms with Gasteiger partial charge in [0.2, 0.25) is 5.91 Å². The minimum Gasteiger partial charge on any atom is -0.350 e. The predicted octanol–water partition coefficient (Wildman–Crippen LogP) is 2.31. The molecule has 2 aliphatic heterocycles. The van der Waals surface area contributed by atoms with Crippen LogP contribution in [0.2, 0.25) is 0 Å². The molecule has 0 aliphatic carbocycles. The van der Waals surface area contributed by atoms with Crippen LogP contribution in [0.1, 0.15) is 18.4 Å². The van der Waals surface area contributed by atoms with E-state index in [4.69, 9.17) is 9.47 Å². The highest BCUT2D eigenvalue weighted by molar-refractivity contribution is 5.91. The van der Waals surface area contributed by atoms with Crippen molar-refractivity contribution in [2.75, 3.05) is 26.3 Å². The van der Waals surface area contributed by atoms with Crippen LogP contribution in [0.5, 0.6) is 0 Å². The van der Waals surface area contributed by atoms with Gasteiger partial charge in [0.05, 0.1) is 13.2 Å². The first kappa shape index (κ1) is 14.3. The quantitative estimate of drug-likeness (QED) is 0.801. The zero-order valence-electron chi connectivity index (χ0n) is 12.1. The Kier molecular flexibility index (Phi) is 4.68. The van der Waals surface area contributed by atoms with Gasteiger partial charge in [-0.1, -0.05) is 30.3 Å². The van der Waals surface area contributed by atoms with Crippen LogP contribution in [0.4, 0.5) is 0 Å². The van der Waals surface area contributed by atoms with Crippen LogP contribution in [0.15, 0.2) is 36.4 Å². The Balaban J connectivity index is 1.49. The normalized spacial score (nSPS) is 21.2. The van der Waals surface area contributed by atoms with Crippen LogP contribution in [-0.2, 0) is 14.3 Å². The van der Waals surface area contributed by atoms with Gasteiger partial charge in [-0.25, -0.2) is 0 Å². The molecule has 2 heterocycles. The molecule has 1 aromatic rings. The molecule has 4 heteroatoms. The summed E-state index contributed by atoms with van der Waals surface area (Å²) in [6, 6.07) is 9.89. The second-order valence-electron chi connectivity index (χ2n) is 5.52. The summed E-state index contributed by atoms with van der Waals surface area (Å²) < 4.78 is 11.1. The van der Waals surface area contributed by atoms with Crippen molar-refractivity contribution in [1.29, 1.82) is 0 Å². The molecular weight excluding hydrogens is 266 g/mol. The fourth-order valence-electron chi connectivity index (χ4n) is 2.88. The summed E-state index contributed by atoms with van der Waals surface area (Å²) in [5.74, 6) is 0.514. The van der Waals surface area contributed by atoms with E-state index in [9.17, 15) is 4.79 Å². The summed E-state index contributed by atoms with van der Waals surface area (Å²) in [6.45, 7) is 2.96. The minimum atomic E-state index is -0.0536. The highest BCUT2D eigenvalue weighted by Crippen LogP contribution is 2.25. The highest BCUT2D eigenvalue weighted by atomic mass is 16.7. The van der Waals surface area contributed by atoms with E-state index in [-0.39, 0.29) is 12.2 Å². The van der Waals surface area contributed by atoms with Gasteiger partial charge in [0.15, 0.2) is 6.29 Å². The molecule has 0 N–H and O–H groups in total. The van der Waals surface area contributed by atoms with Crippen LogP contribution in [0, 0.1) is 5.92 Å². The molecule has 0 spiro atoms. The third-order valence-corrected chi connectivity index (χ3v) is 4.10. The Morgan fingerprint density at radius 3 is 2.43 bits per heavy atom. The Morgan fingerprint density at radius 2 is 1.76 bits per heavy atom. The van der Waals surface area contributed by atoms with Crippen molar-refractivity contribution in [3.8, 4) is 0 Å². The smallest absolute Gasteiger partial charge is 0.246 e. The van der Waals surface area contributed by atoms with Crippen molar-refractivity contribution >= 4 is 12.0 Å². The second-order valence-corrected chi connectivity index (χ2v) is 5.52. The number of nitrogens with zero attached hydrogens (tertiary/aromatic N) is 1. The van der Waals surface area contributed by atoms with Crippen molar-refractivity contribution in [3.05, 3.63) is 42.0 Å². The average molecular weight is 287 g/mol. The zero-order chi connectivity index (χ0) is 14.5. The number of hydrogen-bond acceptors (Lipinski definition) is 3. The van der Waals surface area contributed by atoms with E-state index >= 15 is 0 Å². The Bertz CT molecular complexity index is 486. The van der Waals surface area contributed by atoms with Crippen LogP contribution >= 0.6 is 0 Å². The lowest BCUT2D eigenvalue weighted by atomic mass is 9.96. The van der Waals surface area contributed by atoms with Crippen molar-refractivity contribution in [1.82, 2.24) is 4.90 Å². The average Bonchev–Trinajstić information content (AvgIpc) is 3.08. The topological polar surface area (TPSA) is 38.8 Å². The van der Waals surface area contributed by atoms with Gasteiger partial charge in [0, 0.05) is 25.1 Å². The van der Waals surface area contributed by atoms with Crippen LogP contribution in [0.3, 0.4) is 0 Å². The molecule has 0 saturated carbocycles. The first-order valence-electron chi connectivity index (χ1n) is 7.58. The number of rotatable bonds is 3. The van der Waals surface area contributed by atoms with E-state index in [1.165, 1.54) is 0 Å². The van der Waals surface area contributed by atoms with E-state index in [0.717, 1.165) is 31.5 Å². The fraction of sp³-hybridized carbons (Fsp3) is 0.471. The second kappa shape index (κ2) is 6.87. The van der Waals surface area contributed by atoms with Gasteiger partial charge < -0.3 is 14.4 Å². The van der Waals surface area contributed by atoms with Crippen molar-refractivity contribution in [2.24, 2.45) is 5.92 Å². The third-order valence-electron chi connectivity index (χ3n) is 4.10. The molecule has 2 aliphatic rings. The first-order chi connectivity index (χ1) is 10.3. The molecule has 1 amide bonds. The number of likely N-dealkylation sites (tertiary alicyclic amines) is 1. The lowest BCUT2D eigenvalue weighted by molar-refractivity contribution is -0.131. The predicted molar refractivity (Wildman–Crippen MR) is 80.5 cm³/mol. The molecule has 21 heavy (non-hydrogen) atoms. The van der Waals surface area contributed by atoms with Crippen LogP contribution in [0.25, 0.3) is 6.08 Å². The zero-order valence-corrected chi connectivity index (χ0v) is 12.1. The molecular formula is C17H21NO3. The summed E-state index contributed by atoms with van der Waals surface area (Å²) in [4.78, 5) is 14.1. The largest absolute Gasteiger partial charge is 0.350 e. The maximum absolute atomic E-state index is 12.2. The van der Waals surface area contributed by atoms with Gasteiger partial charge in [0.25, 0.3) is 0 Å². The van der Waals surface area contributed by atoms with Gasteiger partial charge >= 0.3 is 0 Å². The van der Waals surface area contributed by atoms with Gasteiger partial charge in [-0.3, -0.25) is 4.79 Å². The number of amides is 1. The number of piperidine rings is 1. The monoisotopic (exact) mass is 287 g/mol. The van der Waals surface area contributed by atoms with Crippen molar-refractivity contribution < 1.29 is 14.3 Å². The maximum atomic E-state index is 12.2. The van der Waals surface area contributed by atoms with E-state index in [0.29, 0.717) is 19.1 Å². The summed E-state index contributed by atoms with van der Waals surface area (Å²) in [5.41, 5.74) is 1.05. The summed E-state index contributed by atoms with van der Waals surface area (Å²) >= 11 is 0. The molecule has 3 rings (SSSR count). The summed E-state index contributed by atoms with van der Waals surface area (Å²) in [6.07, 6.45) is 5.39. The molecule has 1 aromatic carbocycles. The van der Waals surface area contributed by atoms with Crippen LogP contribution < -0.4 is 0 Å². The molecule has 0 unspecified atom stereocenters. The molecule has 0 aromatic heterocycles. The lowest BCUT2D eigenvalue weighted by Gasteiger charge is -2.33. The summed E-state index contributed by atoms with van der Waals surface area (Å²) in [7, 11) is 0. The first-order valence-corrected chi connectivity index (χ1v) is 7.58. The van der Waals surface area contributed by atoms with Gasteiger partial charge in [-0.15, -0.1) is 0 Å². The van der Waals surface area contributed by atoms with E-state index in [1.807, 2.05) is 41.3 Å². The number of carbonyl (C=O) groups excluding carboxylic acids is 1. The Labute approximate surface area is 125 Å². The van der Waals surface area contributed by atoms with Crippen molar-refractivity contribution in [2.45, 2.75) is 19.1 Å². The molecule has 0 atom stereocenters. The van der Waals surface area contributed by atoms with Gasteiger partial charge in [0.1, 0.15) is 0 Å². The van der Waals surface area contributed by atoms with Gasteiger partial charge in [-0.2, -0.15) is 0 Å². The molecule has 0 bridgehead atoms. The van der Waals surface area contributed by atoms with Crippen LogP contribution in [-0.4, -0.2) is 43.4 Å². The number of benzene rings is 1. The lowest BCUT2D eigenvalue weighted by Crippen LogP contribution is -2.40. The molecule has 2 fully saturated rings. The van der Waals surface area contributed by atoms with E-state index in [2.05, 4.69) is 0 Å². The Morgan fingerprint density at radius 1 is 1.10 bits per heavy atom. The molecule has 0 radical (unpaired) electrons. The van der Waals surface area contributed by atoms with E-state index < -0.39 is 0 Å². The highest BCUT2D eigenvalue weighted by Gasteiger charge is 2.31. The SMILES string of the molecule is O=C(/C=C/c1ccccc1)N1CCC(C2OCCO2)CC1. The minimum absolute atomic E-state index is 0.0536.